The molecule has 8 nitrogen and oxygen atoms in total. The Hall–Kier alpha value is -3.78. The molecule has 0 saturated heterocycles. The number of carbonyl (C=O) groups is 2. The van der Waals surface area contributed by atoms with E-state index in [1.165, 1.54) is 21.3 Å². The normalized spacial score (nSPS) is 14.1. The van der Waals surface area contributed by atoms with Crippen molar-refractivity contribution in [3.05, 3.63) is 82.2 Å². The molecule has 0 fully saturated rings. The van der Waals surface area contributed by atoms with Crippen LogP contribution in [0, 0.1) is 0 Å². The molecule has 0 amide bonds. The molecule has 198 valence electrons. The lowest BCUT2D eigenvalue weighted by atomic mass is 9.79. The first-order valence-corrected chi connectivity index (χ1v) is 12.1. The van der Waals surface area contributed by atoms with Gasteiger partial charge in [0.2, 0.25) is 0 Å². The molecule has 0 atom stereocenters. The van der Waals surface area contributed by atoms with Crippen molar-refractivity contribution in [1.82, 2.24) is 4.90 Å². The van der Waals surface area contributed by atoms with E-state index in [9.17, 15) is 9.59 Å². The third kappa shape index (κ3) is 6.14. The van der Waals surface area contributed by atoms with E-state index in [0.717, 1.165) is 5.56 Å². The highest BCUT2D eigenvalue weighted by Crippen LogP contribution is 2.44. The monoisotopic (exact) mass is 509 g/mol. The van der Waals surface area contributed by atoms with Gasteiger partial charge in [-0.3, -0.25) is 0 Å². The maximum atomic E-state index is 13.1. The molecule has 0 bridgehead atoms. The zero-order valence-corrected chi connectivity index (χ0v) is 22.3. The van der Waals surface area contributed by atoms with E-state index in [-0.39, 0.29) is 0 Å². The van der Waals surface area contributed by atoms with Crippen molar-refractivity contribution in [2.45, 2.75) is 32.8 Å². The summed E-state index contributed by atoms with van der Waals surface area (Å²) in [4.78, 5) is 28.2. The topological polar surface area (TPSA) is 83.5 Å². The van der Waals surface area contributed by atoms with Crippen LogP contribution >= 0.6 is 0 Å². The highest BCUT2D eigenvalue weighted by atomic mass is 16.5. The minimum Gasteiger partial charge on any atom is -0.493 e. The van der Waals surface area contributed by atoms with E-state index in [0.29, 0.717) is 65.8 Å². The molecule has 0 radical (unpaired) electrons. The van der Waals surface area contributed by atoms with Gasteiger partial charge in [-0.05, 0) is 43.5 Å². The summed E-state index contributed by atoms with van der Waals surface area (Å²) >= 11 is 0. The number of rotatable bonds is 11. The van der Waals surface area contributed by atoms with E-state index in [2.05, 4.69) is 0 Å². The van der Waals surface area contributed by atoms with Gasteiger partial charge in [-0.15, -0.1) is 0 Å². The third-order valence-corrected chi connectivity index (χ3v) is 6.50. The summed E-state index contributed by atoms with van der Waals surface area (Å²) in [7, 11) is 5.75. The van der Waals surface area contributed by atoms with Crippen molar-refractivity contribution in [2.75, 3.05) is 41.6 Å². The van der Waals surface area contributed by atoms with Crippen molar-refractivity contribution in [2.24, 2.45) is 0 Å². The van der Waals surface area contributed by atoms with E-state index in [1.54, 1.807) is 19.2 Å². The molecule has 8 heteroatoms. The fraction of sp³-hybridized carbons (Fsp3) is 0.379. The number of allylic oxidation sites excluding steroid dienone is 2. The Morgan fingerprint density at radius 3 is 1.95 bits per heavy atom. The Bertz CT molecular complexity index is 1130. The summed E-state index contributed by atoms with van der Waals surface area (Å²) in [6.07, 6.45) is 0.686. The molecule has 0 unspecified atom stereocenters. The number of nitrogens with zero attached hydrogens (tertiary/aromatic N) is 1. The lowest BCUT2D eigenvalue weighted by molar-refractivity contribution is -0.137. The lowest BCUT2D eigenvalue weighted by Crippen LogP contribution is -2.35. The summed E-state index contributed by atoms with van der Waals surface area (Å²) < 4.78 is 27.0. The number of ether oxygens (including phenoxy) is 5. The molecule has 3 rings (SSSR count). The van der Waals surface area contributed by atoms with Crippen LogP contribution in [-0.4, -0.2) is 58.4 Å². The van der Waals surface area contributed by atoms with Crippen molar-refractivity contribution in [1.29, 1.82) is 0 Å². The molecule has 1 aliphatic rings. The molecule has 2 aromatic carbocycles. The first-order valence-electron chi connectivity index (χ1n) is 12.1. The molecular formula is C29H35NO7. The van der Waals surface area contributed by atoms with Gasteiger partial charge in [0, 0.05) is 24.5 Å². The minimum atomic E-state index is -0.703. The van der Waals surface area contributed by atoms with Crippen LogP contribution in [0.3, 0.4) is 0 Å². The third-order valence-electron chi connectivity index (χ3n) is 6.50. The van der Waals surface area contributed by atoms with Crippen LogP contribution in [-0.2, 0) is 30.4 Å². The van der Waals surface area contributed by atoms with Gasteiger partial charge in [-0.1, -0.05) is 36.4 Å². The number of hydrogen-bond acceptors (Lipinski definition) is 8. The minimum absolute atomic E-state index is 0.367. The maximum absolute atomic E-state index is 13.1. The second kappa shape index (κ2) is 13.0. The van der Waals surface area contributed by atoms with Gasteiger partial charge in [0.05, 0.1) is 52.1 Å². The Morgan fingerprint density at radius 1 is 0.811 bits per heavy atom. The number of hydrogen-bond donors (Lipinski definition) is 0. The maximum Gasteiger partial charge on any atom is 0.336 e. The molecule has 2 aromatic rings. The average Bonchev–Trinajstić information content (AvgIpc) is 2.93. The summed E-state index contributed by atoms with van der Waals surface area (Å²) in [5, 5.41) is 0. The number of benzene rings is 2. The molecular weight excluding hydrogens is 474 g/mol. The van der Waals surface area contributed by atoms with Crippen LogP contribution in [0.2, 0.25) is 0 Å². The van der Waals surface area contributed by atoms with E-state index in [4.69, 9.17) is 23.7 Å². The summed E-state index contributed by atoms with van der Waals surface area (Å²) in [5.41, 5.74) is 3.94. The van der Waals surface area contributed by atoms with Crippen molar-refractivity contribution in [3.63, 3.8) is 0 Å². The SMILES string of the molecule is COC(=O)C1=C(C)N(CCCOCc2ccccc2)C(C)=C(C(=O)OC)C1c1ccc(OC)c(OC)c1. The van der Waals surface area contributed by atoms with Crippen LogP contribution in [0.25, 0.3) is 0 Å². The van der Waals surface area contributed by atoms with E-state index < -0.39 is 17.9 Å². The van der Waals surface area contributed by atoms with Crippen LogP contribution in [0.15, 0.2) is 71.1 Å². The van der Waals surface area contributed by atoms with Gasteiger partial charge < -0.3 is 28.6 Å². The summed E-state index contributed by atoms with van der Waals surface area (Å²) in [6.45, 7) is 5.32. The fourth-order valence-electron chi connectivity index (χ4n) is 4.65. The predicted octanol–water partition coefficient (Wildman–Crippen LogP) is 4.60. The zero-order chi connectivity index (χ0) is 26.9. The molecule has 37 heavy (non-hydrogen) atoms. The Labute approximate surface area is 218 Å². The highest BCUT2D eigenvalue weighted by molar-refractivity contribution is 5.99. The quantitative estimate of drug-likeness (QED) is 0.321. The second-order valence-electron chi connectivity index (χ2n) is 8.57. The summed E-state index contributed by atoms with van der Waals surface area (Å²) in [6, 6.07) is 15.3. The van der Waals surface area contributed by atoms with E-state index in [1.807, 2.05) is 55.1 Å². The van der Waals surface area contributed by atoms with Crippen LogP contribution in [0.1, 0.15) is 37.3 Å². The number of methoxy groups -OCH3 is 4. The Balaban J connectivity index is 1.95. The van der Waals surface area contributed by atoms with Crippen LogP contribution in [0.4, 0.5) is 0 Å². The first-order chi connectivity index (χ1) is 17.9. The van der Waals surface area contributed by atoms with Crippen molar-refractivity contribution >= 4 is 11.9 Å². The predicted molar refractivity (Wildman–Crippen MR) is 139 cm³/mol. The summed E-state index contributed by atoms with van der Waals surface area (Å²) in [5.74, 6) is -0.708. The molecule has 0 N–H and O–H groups in total. The molecule has 1 aliphatic heterocycles. The Kier molecular flexibility index (Phi) is 9.74. The number of esters is 2. The molecule has 0 spiro atoms. The molecule has 0 aliphatic carbocycles. The van der Waals surface area contributed by atoms with Gasteiger partial charge >= 0.3 is 11.9 Å². The van der Waals surface area contributed by atoms with Crippen molar-refractivity contribution in [3.8, 4) is 11.5 Å². The highest BCUT2D eigenvalue weighted by Gasteiger charge is 2.40. The molecule has 1 heterocycles. The van der Waals surface area contributed by atoms with Crippen LogP contribution < -0.4 is 9.47 Å². The standard InChI is InChI=1S/C29H35NO7/c1-19-25(28(31)35-5)27(22-13-14-23(33-3)24(17-22)34-4)26(29(32)36-6)20(2)30(19)15-10-16-37-18-21-11-8-7-9-12-21/h7-9,11-14,17,27H,10,15-16,18H2,1-6H3. The first kappa shape index (κ1) is 27.8. The molecule has 0 saturated carbocycles. The van der Waals surface area contributed by atoms with Crippen molar-refractivity contribution < 1.29 is 33.3 Å². The van der Waals surface area contributed by atoms with Gasteiger partial charge in [-0.25, -0.2) is 9.59 Å². The Morgan fingerprint density at radius 2 is 1.41 bits per heavy atom. The molecule has 0 aromatic heterocycles. The van der Waals surface area contributed by atoms with Gasteiger partial charge in [0.1, 0.15) is 0 Å². The number of carbonyl (C=O) groups excluding carboxylic acids is 2. The van der Waals surface area contributed by atoms with Gasteiger partial charge in [0.25, 0.3) is 0 Å². The van der Waals surface area contributed by atoms with Gasteiger partial charge in [0.15, 0.2) is 11.5 Å². The smallest absolute Gasteiger partial charge is 0.336 e. The largest absolute Gasteiger partial charge is 0.493 e. The van der Waals surface area contributed by atoms with Crippen LogP contribution in [0.5, 0.6) is 11.5 Å². The van der Waals surface area contributed by atoms with E-state index >= 15 is 0 Å². The zero-order valence-electron chi connectivity index (χ0n) is 22.3. The lowest BCUT2D eigenvalue weighted by Gasteiger charge is -2.38. The fourth-order valence-corrected chi connectivity index (χ4v) is 4.65. The van der Waals surface area contributed by atoms with Gasteiger partial charge in [-0.2, -0.15) is 0 Å². The second-order valence-corrected chi connectivity index (χ2v) is 8.57. The average molecular weight is 510 g/mol.